The van der Waals surface area contributed by atoms with E-state index in [-0.39, 0.29) is 16.9 Å². The van der Waals surface area contributed by atoms with Gasteiger partial charge in [0.2, 0.25) is 0 Å². The van der Waals surface area contributed by atoms with Gasteiger partial charge < -0.3 is 10.2 Å². The second-order valence-electron chi connectivity index (χ2n) is 16.0. The fourth-order valence-corrected chi connectivity index (χ4v) is 11.9. The van der Waals surface area contributed by atoms with Crippen LogP contribution in [0.15, 0.2) is 0 Å². The highest BCUT2D eigenvalue weighted by molar-refractivity contribution is 5.19. The Morgan fingerprint density at radius 3 is 2.09 bits per heavy atom. The van der Waals surface area contributed by atoms with Crippen LogP contribution in [0.4, 0.5) is 0 Å². The molecule has 0 aromatic carbocycles. The van der Waals surface area contributed by atoms with Crippen LogP contribution in [0, 0.1) is 62.1 Å². The maximum absolute atomic E-state index is 10.9. The van der Waals surface area contributed by atoms with Gasteiger partial charge in [-0.3, -0.25) is 0 Å². The summed E-state index contributed by atoms with van der Waals surface area (Å²) in [5.41, 5.74) is 1.72. The maximum Gasteiger partial charge on any atom is 0.0594 e. The molecule has 190 valence electrons. The van der Waals surface area contributed by atoms with Gasteiger partial charge in [-0.15, -0.1) is 0 Å². The Morgan fingerprint density at radius 2 is 1.42 bits per heavy atom. The number of hydrogen-bond donors (Lipinski definition) is 2. The molecule has 0 aliphatic heterocycles. The Bertz CT molecular complexity index is 786. The van der Waals surface area contributed by atoms with E-state index in [0.29, 0.717) is 40.1 Å². The highest BCUT2D eigenvalue weighted by atomic mass is 16.3. The standard InChI is InChI=1S/C31H54O2/c1-26(2,19-32)20-11-14-28(5)17-18-30(7)21(25(20)28)9-10-23-29(6)15-13-24(33)27(3,4)22(29)12-16-31(23,30)8/h20-25,32-33H,9-19H2,1-8H3. The third kappa shape index (κ3) is 2.98. The minimum atomic E-state index is -0.137. The molecule has 0 heterocycles. The van der Waals surface area contributed by atoms with Crippen LogP contribution in [0.3, 0.4) is 0 Å². The number of aliphatic hydroxyl groups is 2. The number of fused-ring (bicyclic) bond motifs is 7. The molecule has 5 saturated carbocycles. The van der Waals surface area contributed by atoms with Crippen LogP contribution in [0.2, 0.25) is 0 Å². The molecular weight excluding hydrogens is 404 g/mol. The van der Waals surface area contributed by atoms with E-state index in [2.05, 4.69) is 55.4 Å². The van der Waals surface area contributed by atoms with Crippen molar-refractivity contribution in [2.75, 3.05) is 6.61 Å². The predicted octanol–water partition coefficient (Wildman–Crippen LogP) is 7.47. The molecule has 0 aromatic heterocycles. The predicted molar refractivity (Wildman–Crippen MR) is 137 cm³/mol. The molecule has 2 nitrogen and oxygen atoms in total. The van der Waals surface area contributed by atoms with E-state index < -0.39 is 0 Å². The van der Waals surface area contributed by atoms with Crippen molar-refractivity contribution in [3.05, 3.63) is 0 Å². The molecule has 0 bridgehead atoms. The number of aliphatic hydroxyl groups excluding tert-OH is 2. The van der Waals surface area contributed by atoms with Gasteiger partial charge in [-0.2, -0.15) is 0 Å². The van der Waals surface area contributed by atoms with Crippen LogP contribution in [-0.2, 0) is 0 Å². The van der Waals surface area contributed by atoms with Crippen LogP contribution < -0.4 is 0 Å². The monoisotopic (exact) mass is 458 g/mol. The Morgan fingerprint density at radius 1 is 0.727 bits per heavy atom. The van der Waals surface area contributed by atoms with E-state index >= 15 is 0 Å². The van der Waals surface area contributed by atoms with Gasteiger partial charge in [-0.05, 0) is 126 Å². The minimum absolute atomic E-state index is 0.0333. The van der Waals surface area contributed by atoms with E-state index in [0.717, 1.165) is 24.2 Å². The summed E-state index contributed by atoms with van der Waals surface area (Å²) in [6, 6.07) is 0. The van der Waals surface area contributed by atoms with E-state index in [1.165, 1.54) is 57.8 Å². The Balaban J connectivity index is 1.54. The smallest absolute Gasteiger partial charge is 0.0594 e. The van der Waals surface area contributed by atoms with E-state index in [9.17, 15) is 10.2 Å². The summed E-state index contributed by atoms with van der Waals surface area (Å²) in [6.45, 7) is 20.4. The lowest BCUT2D eigenvalue weighted by Gasteiger charge is -2.73. The van der Waals surface area contributed by atoms with Crippen molar-refractivity contribution in [3.63, 3.8) is 0 Å². The molecule has 10 unspecified atom stereocenters. The third-order valence-corrected chi connectivity index (χ3v) is 14.2. The zero-order valence-corrected chi connectivity index (χ0v) is 23.1. The molecule has 5 fully saturated rings. The lowest BCUT2D eigenvalue weighted by molar-refractivity contribution is -0.249. The van der Waals surface area contributed by atoms with Gasteiger partial charge in [0.05, 0.1) is 6.10 Å². The molecule has 33 heavy (non-hydrogen) atoms. The number of hydrogen-bond acceptors (Lipinski definition) is 2. The lowest BCUT2D eigenvalue weighted by Crippen LogP contribution is -2.66. The van der Waals surface area contributed by atoms with Gasteiger partial charge in [0.25, 0.3) is 0 Å². The van der Waals surface area contributed by atoms with Crippen molar-refractivity contribution in [1.29, 1.82) is 0 Å². The van der Waals surface area contributed by atoms with E-state index in [1.807, 2.05) is 0 Å². The highest BCUT2D eigenvalue weighted by Crippen LogP contribution is 2.77. The van der Waals surface area contributed by atoms with Crippen molar-refractivity contribution in [1.82, 2.24) is 0 Å². The SMILES string of the molecule is CC(C)(CO)C1CCC2(C)CCC3(C)C(CCC4C5(C)CCC(O)C(C)(C)C5CCC43C)C12. The molecule has 2 N–H and O–H groups in total. The molecule has 10 atom stereocenters. The number of rotatable bonds is 2. The summed E-state index contributed by atoms with van der Waals surface area (Å²) in [7, 11) is 0. The van der Waals surface area contributed by atoms with Gasteiger partial charge in [-0.25, -0.2) is 0 Å². The molecule has 5 aliphatic carbocycles. The maximum atomic E-state index is 10.9. The topological polar surface area (TPSA) is 40.5 Å². The van der Waals surface area contributed by atoms with Crippen molar-refractivity contribution in [2.45, 2.75) is 126 Å². The van der Waals surface area contributed by atoms with Crippen molar-refractivity contribution >= 4 is 0 Å². The third-order valence-electron chi connectivity index (χ3n) is 14.2. The van der Waals surface area contributed by atoms with Gasteiger partial charge in [0.15, 0.2) is 0 Å². The first-order valence-corrected chi connectivity index (χ1v) is 14.5. The van der Waals surface area contributed by atoms with E-state index in [4.69, 9.17) is 0 Å². The average Bonchev–Trinajstić information content (AvgIpc) is 3.10. The molecule has 0 amide bonds. The second kappa shape index (κ2) is 7.24. The molecule has 5 aliphatic rings. The summed E-state index contributed by atoms with van der Waals surface area (Å²) in [5.74, 6) is 3.66. The Kier molecular flexibility index (Phi) is 5.40. The zero-order chi connectivity index (χ0) is 24.2. The van der Waals surface area contributed by atoms with Gasteiger partial charge in [0.1, 0.15) is 0 Å². The highest BCUT2D eigenvalue weighted by Gasteiger charge is 2.70. The first-order chi connectivity index (χ1) is 15.2. The van der Waals surface area contributed by atoms with Crippen molar-refractivity contribution in [2.24, 2.45) is 62.1 Å². The first kappa shape index (κ1) is 24.6. The van der Waals surface area contributed by atoms with Crippen LogP contribution in [0.5, 0.6) is 0 Å². The molecule has 0 aromatic rings. The normalized spacial score (nSPS) is 55.8. The Labute approximate surface area is 204 Å². The second-order valence-corrected chi connectivity index (χ2v) is 16.0. The quantitative estimate of drug-likeness (QED) is 0.450. The first-order valence-electron chi connectivity index (χ1n) is 14.5. The Hall–Kier alpha value is -0.0800. The molecule has 0 radical (unpaired) electrons. The summed E-state index contributed by atoms with van der Waals surface area (Å²) in [5, 5.41) is 21.3. The summed E-state index contributed by atoms with van der Waals surface area (Å²) < 4.78 is 0. The summed E-state index contributed by atoms with van der Waals surface area (Å²) >= 11 is 0. The molecule has 0 saturated heterocycles. The van der Waals surface area contributed by atoms with Gasteiger partial charge in [-0.1, -0.05) is 55.4 Å². The van der Waals surface area contributed by atoms with Crippen LogP contribution in [0.1, 0.15) is 120 Å². The van der Waals surface area contributed by atoms with Crippen LogP contribution in [-0.4, -0.2) is 22.9 Å². The van der Waals surface area contributed by atoms with Gasteiger partial charge in [0, 0.05) is 6.61 Å². The largest absolute Gasteiger partial charge is 0.396 e. The fraction of sp³-hybridized carbons (Fsp3) is 1.00. The van der Waals surface area contributed by atoms with Crippen molar-refractivity contribution < 1.29 is 10.2 Å². The van der Waals surface area contributed by atoms with Crippen molar-refractivity contribution in [3.8, 4) is 0 Å². The average molecular weight is 459 g/mol. The molecular formula is C31H54O2. The summed E-state index contributed by atoms with van der Waals surface area (Å²) in [6.07, 6.45) is 12.9. The van der Waals surface area contributed by atoms with Gasteiger partial charge >= 0.3 is 0 Å². The van der Waals surface area contributed by atoms with E-state index in [1.54, 1.807) is 0 Å². The van der Waals surface area contributed by atoms with Crippen LogP contribution >= 0.6 is 0 Å². The molecule has 2 heteroatoms. The molecule has 0 spiro atoms. The lowest BCUT2D eigenvalue weighted by atomic mass is 9.32. The van der Waals surface area contributed by atoms with Crippen LogP contribution in [0.25, 0.3) is 0 Å². The zero-order valence-electron chi connectivity index (χ0n) is 23.1. The molecule has 5 rings (SSSR count). The fourth-order valence-electron chi connectivity index (χ4n) is 11.9. The minimum Gasteiger partial charge on any atom is -0.396 e. The summed E-state index contributed by atoms with van der Waals surface area (Å²) in [4.78, 5) is 0.